The van der Waals surface area contributed by atoms with E-state index in [0.717, 1.165) is 17.7 Å². The molecule has 4 rings (SSSR count). The minimum Gasteiger partial charge on any atom is -0.457 e. The lowest BCUT2D eigenvalue weighted by molar-refractivity contribution is -0.384. The van der Waals surface area contributed by atoms with Crippen molar-refractivity contribution in [3.63, 3.8) is 0 Å². The molecule has 0 bridgehead atoms. The number of nitro groups is 1. The average Bonchev–Trinajstić information content (AvgIpc) is 3.33. The van der Waals surface area contributed by atoms with Gasteiger partial charge in [-0.05, 0) is 24.0 Å². The number of carbonyl (C=O) groups excluding carboxylic acids is 1. The third-order valence-corrected chi connectivity index (χ3v) is 5.66. The van der Waals surface area contributed by atoms with E-state index in [2.05, 4.69) is 9.39 Å². The predicted octanol–water partition coefficient (Wildman–Crippen LogP) is 4.18. The first-order valence-electron chi connectivity index (χ1n) is 8.44. The van der Waals surface area contributed by atoms with Gasteiger partial charge in [0.15, 0.2) is 5.17 Å². The molecule has 2 aliphatic heterocycles. The number of aliphatic imine (C=N–C) groups is 1. The van der Waals surface area contributed by atoms with E-state index in [1.165, 1.54) is 34.9 Å². The van der Waals surface area contributed by atoms with Crippen LogP contribution in [0.3, 0.4) is 0 Å². The van der Waals surface area contributed by atoms with Gasteiger partial charge in [-0.15, -0.1) is 0 Å². The van der Waals surface area contributed by atoms with E-state index in [4.69, 9.17) is 9.83 Å². The monoisotopic (exact) mass is 427 g/mol. The van der Waals surface area contributed by atoms with Crippen molar-refractivity contribution in [1.29, 1.82) is 5.41 Å². The maximum Gasteiger partial charge on any atom is 0.283 e. The fraction of sp³-hybridized carbons (Fsp3) is 0.111. The van der Waals surface area contributed by atoms with Crippen LogP contribution in [0.2, 0.25) is 0 Å². The first-order chi connectivity index (χ1) is 14.0. The van der Waals surface area contributed by atoms with Crippen LogP contribution < -0.4 is 0 Å². The highest BCUT2D eigenvalue weighted by molar-refractivity contribution is 8.19. The van der Waals surface area contributed by atoms with Crippen LogP contribution in [0.4, 0.5) is 5.69 Å². The van der Waals surface area contributed by atoms with Gasteiger partial charge in [-0.2, -0.15) is 9.39 Å². The van der Waals surface area contributed by atoms with Crippen LogP contribution in [0.15, 0.2) is 55.8 Å². The topological polar surface area (TPSA) is 125 Å². The van der Waals surface area contributed by atoms with E-state index in [1.807, 2.05) is 6.92 Å². The van der Waals surface area contributed by atoms with Gasteiger partial charge in [0.2, 0.25) is 5.17 Å². The summed E-state index contributed by atoms with van der Waals surface area (Å²) in [5, 5.41) is 20.4. The first-order valence-corrected chi connectivity index (χ1v) is 10.2. The van der Waals surface area contributed by atoms with E-state index in [1.54, 1.807) is 24.3 Å². The molecule has 0 fully saturated rings. The van der Waals surface area contributed by atoms with Gasteiger partial charge in [0.25, 0.3) is 11.6 Å². The largest absolute Gasteiger partial charge is 0.457 e. The molecule has 0 saturated heterocycles. The van der Waals surface area contributed by atoms with Crippen molar-refractivity contribution >= 4 is 57.6 Å². The number of non-ortho nitro benzene ring substituents is 1. The maximum atomic E-state index is 12.4. The zero-order chi connectivity index (χ0) is 20.5. The summed E-state index contributed by atoms with van der Waals surface area (Å²) < 4.78 is 9.99. The molecular weight excluding hydrogens is 414 g/mol. The number of amides is 1. The van der Waals surface area contributed by atoms with Crippen molar-refractivity contribution in [2.24, 2.45) is 9.39 Å². The van der Waals surface area contributed by atoms with Crippen LogP contribution in [0.25, 0.3) is 17.4 Å². The molecule has 0 spiro atoms. The lowest BCUT2D eigenvalue weighted by Gasteiger charge is -2.23. The number of rotatable bonds is 4. The molecule has 0 aliphatic carbocycles. The number of nitrogens with zero attached hydrogens (tertiary/aromatic N) is 4. The van der Waals surface area contributed by atoms with E-state index in [-0.39, 0.29) is 17.1 Å². The zero-order valence-corrected chi connectivity index (χ0v) is 16.6. The predicted molar refractivity (Wildman–Crippen MR) is 114 cm³/mol. The smallest absolute Gasteiger partial charge is 0.283 e. The molecule has 0 saturated carbocycles. The number of hydrogen-bond acceptors (Lipinski definition) is 8. The van der Waals surface area contributed by atoms with Gasteiger partial charge in [0.05, 0.1) is 22.4 Å². The third kappa shape index (κ3) is 3.61. The number of amidine groups is 3. The van der Waals surface area contributed by atoms with Gasteiger partial charge in [-0.3, -0.25) is 20.3 Å². The minimum atomic E-state index is -0.542. The number of hydrogen-bond donors (Lipinski definition) is 1. The lowest BCUT2D eigenvalue weighted by atomic mass is 10.1. The number of furan rings is 1. The van der Waals surface area contributed by atoms with Gasteiger partial charge < -0.3 is 4.42 Å². The number of nitro benzene ring substituents is 1. The molecule has 146 valence electrons. The van der Waals surface area contributed by atoms with Gasteiger partial charge >= 0.3 is 0 Å². The Kier molecular flexibility index (Phi) is 5.07. The Morgan fingerprint density at radius 1 is 1.38 bits per heavy atom. The van der Waals surface area contributed by atoms with E-state index >= 15 is 0 Å². The molecule has 9 nitrogen and oxygen atoms in total. The molecule has 0 unspecified atom stereocenters. The summed E-state index contributed by atoms with van der Waals surface area (Å²) >= 11 is 2.53. The van der Waals surface area contributed by atoms with Gasteiger partial charge in [0.1, 0.15) is 17.4 Å². The van der Waals surface area contributed by atoms with E-state index in [0.29, 0.717) is 27.4 Å². The van der Waals surface area contributed by atoms with E-state index in [9.17, 15) is 14.9 Å². The fourth-order valence-electron chi connectivity index (χ4n) is 2.72. The number of carbonyl (C=O) groups is 1. The second-order valence-electron chi connectivity index (χ2n) is 5.85. The molecule has 1 amide bonds. The summed E-state index contributed by atoms with van der Waals surface area (Å²) in [7, 11) is 0. The Balaban J connectivity index is 1.65. The summed E-state index contributed by atoms with van der Waals surface area (Å²) in [6.07, 6.45) is 1.45. The Bertz CT molecular complexity index is 1130. The first kappa shape index (κ1) is 19.2. The molecule has 2 aliphatic rings. The van der Waals surface area contributed by atoms with Crippen molar-refractivity contribution in [2.75, 3.05) is 5.75 Å². The summed E-state index contributed by atoms with van der Waals surface area (Å²) in [6, 6.07) is 9.36. The maximum absolute atomic E-state index is 12.4. The van der Waals surface area contributed by atoms with Crippen LogP contribution in [-0.4, -0.2) is 37.7 Å². The molecule has 1 aromatic carbocycles. The SMILES string of the molecule is CCSC1=NSC2=NC(=O)/C(=C\c3ccc(-c4cccc([N+](=O)[O-])c4)o3)C(=N)N12. The second kappa shape index (κ2) is 7.68. The normalized spacial score (nSPS) is 17.4. The molecule has 1 N–H and O–H groups in total. The Labute approximate surface area is 173 Å². The van der Waals surface area contributed by atoms with Crippen molar-refractivity contribution in [3.05, 3.63) is 57.8 Å². The summed E-state index contributed by atoms with van der Waals surface area (Å²) in [4.78, 5) is 28.4. The van der Waals surface area contributed by atoms with Crippen molar-refractivity contribution < 1.29 is 14.1 Å². The summed E-state index contributed by atoms with van der Waals surface area (Å²) in [5.74, 6) is 0.971. The highest BCUT2D eigenvalue weighted by atomic mass is 32.2. The van der Waals surface area contributed by atoms with E-state index < -0.39 is 10.8 Å². The molecule has 0 radical (unpaired) electrons. The zero-order valence-electron chi connectivity index (χ0n) is 15.0. The number of thioether (sulfide) groups is 1. The van der Waals surface area contributed by atoms with Crippen molar-refractivity contribution in [1.82, 2.24) is 4.90 Å². The number of benzene rings is 1. The Morgan fingerprint density at radius 3 is 2.97 bits per heavy atom. The highest BCUT2D eigenvalue weighted by Crippen LogP contribution is 2.32. The van der Waals surface area contributed by atoms with Crippen LogP contribution in [0.1, 0.15) is 12.7 Å². The van der Waals surface area contributed by atoms with Gasteiger partial charge in [-0.25, -0.2) is 4.90 Å². The third-order valence-electron chi connectivity index (χ3n) is 4.02. The van der Waals surface area contributed by atoms with Gasteiger partial charge in [-0.1, -0.05) is 30.8 Å². The molecular formula is C18H13N5O4S2. The molecule has 29 heavy (non-hydrogen) atoms. The fourth-order valence-corrected chi connectivity index (χ4v) is 4.29. The van der Waals surface area contributed by atoms with Crippen LogP contribution in [0, 0.1) is 15.5 Å². The van der Waals surface area contributed by atoms with Crippen molar-refractivity contribution in [2.45, 2.75) is 6.92 Å². The molecule has 1 aromatic heterocycles. The second-order valence-corrected chi connectivity index (χ2v) is 7.81. The number of fused-ring (bicyclic) bond motifs is 1. The van der Waals surface area contributed by atoms with Crippen LogP contribution >= 0.6 is 23.7 Å². The average molecular weight is 427 g/mol. The molecule has 2 aromatic rings. The Morgan fingerprint density at radius 2 is 2.21 bits per heavy atom. The summed E-state index contributed by atoms with van der Waals surface area (Å²) in [6.45, 7) is 1.97. The van der Waals surface area contributed by atoms with Crippen LogP contribution in [-0.2, 0) is 4.79 Å². The standard InChI is InChI=1S/C18H13N5O4S2/c1-2-28-18-21-29-17-20-16(24)13(15(19)22(17)18)9-12-6-7-14(27-12)10-4-3-5-11(8-10)23(25)26/h3-9,19H,2H2,1H3/b13-9-,19-15?. The van der Waals surface area contributed by atoms with Gasteiger partial charge in [0, 0.05) is 17.7 Å². The van der Waals surface area contributed by atoms with Crippen molar-refractivity contribution in [3.8, 4) is 11.3 Å². The quantitative estimate of drug-likeness (QED) is 0.336. The highest BCUT2D eigenvalue weighted by Gasteiger charge is 2.37. The van der Waals surface area contributed by atoms with Crippen LogP contribution in [0.5, 0.6) is 0 Å². The molecule has 11 heteroatoms. The Hall–Kier alpha value is -3.18. The molecule has 3 heterocycles. The lowest BCUT2D eigenvalue weighted by Crippen LogP contribution is -2.41. The minimum absolute atomic E-state index is 0.0157. The molecule has 0 atom stereocenters. The number of nitrogens with one attached hydrogen (secondary N) is 1. The summed E-state index contributed by atoms with van der Waals surface area (Å²) in [5.41, 5.74) is 0.580.